The second-order valence-electron chi connectivity index (χ2n) is 11.2. The minimum absolute atomic E-state index is 0.108. The van der Waals surface area contributed by atoms with Crippen molar-refractivity contribution in [1.82, 2.24) is 30.0 Å². The van der Waals surface area contributed by atoms with Gasteiger partial charge in [0, 0.05) is 44.8 Å². The van der Waals surface area contributed by atoms with E-state index in [2.05, 4.69) is 49.2 Å². The lowest BCUT2D eigenvalue weighted by atomic mass is 10.0. The van der Waals surface area contributed by atoms with Gasteiger partial charge in [-0.05, 0) is 44.5 Å². The number of nitrogens with zero attached hydrogens (tertiary/aromatic N) is 8. The number of nitrogens with one attached hydrogen (secondary N) is 1. The van der Waals surface area contributed by atoms with Crippen LogP contribution < -0.4 is 19.9 Å². The molecule has 2 fully saturated rings. The second-order valence-corrected chi connectivity index (χ2v) is 12.3. The molecule has 218 valence electrons. The van der Waals surface area contributed by atoms with Crippen molar-refractivity contribution in [3.8, 4) is 16.3 Å². The molecule has 1 aromatic carbocycles. The fourth-order valence-corrected chi connectivity index (χ4v) is 7.00. The van der Waals surface area contributed by atoms with Crippen LogP contribution in [0, 0.1) is 0 Å². The van der Waals surface area contributed by atoms with E-state index in [1.54, 1.807) is 29.5 Å². The molecule has 41 heavy (non-hydrogen) atoms. The number of anilines is 4. The summed E-state index contributed by atoms with van der Waals surface area (Å²) < 4.78 is 5.76. The van der Waals surface area contributed by atoms with Crippen molar-refractivity contribution >= 4 is 40.4 Å². The van der Waals surface area contributed by atoms with E-state index in [0.29, 0.717) is 17.7 Å². The summed E-state index contributed by atoms with van der Waals surface area (Å²) in [4.78, 5) is 31.5. The van der Waals surface area contributed by atoms with Crippen LogP contribution in [0.5, 0.6) is 5.75 Å². The van der Waals surface area contributed by atoms with Crippen LogP contribution in [0.25, 0.3) is 10.6 Å². The van der Waals surface area contributed by atoms with Gasteiger partial charge in [-0.25, -0.2) is 4.98 Å². The van der Waals surface area contributed by atoms with Crippen LogP contribution in [0.2, 0.25) is 0 Å². The summed E-state index contributed by atoms with van der Waals surface area (Å²) >= 11 is 1.62. The molecule has 11 nitrogen and oxygen atoms in total. The van der Waals surface area contributed by atoms with E-state index in [9.17, 15) is 4.79 Å². The number of fused-ring (bicyclic) bond motifs is 1. The molecular weight excluding hydrogens is 538 g/mol. The molecule has 3 aliphatic rings. The largest absolute Gasteiger partial charge is 0.495 e. The Hall–Kier alpha value is -3.35. The van der Waals surface area contributed by atoms with Crippen molar-refractivity contribution in [3.63, 3.8) is 0 Å². The quantitative estimate of drug-likeness (QED) is 0.423. The highest BCUT2D eigenvalue weighted by Crippen LogP contribution is 2.40. The summed E-state index contributed by atoms with van der Waals surface area (Å²) in [5, 5.41) is 14.2. The summed E-state index contributed by atoms with van der Waals surface area (Å²) in [6, 6.07) is 6.08. The first-order valence-electron chi connectivity index (χ1n) is 14.6. The minimum Gasteiger partial charge on any atom is -0.495 e. The third kappa shape index (κ3) is 5.60. The zero-order chi connectivity index (χ0) is 28.5. The average Bonchev–Trinajstić information content (AvgIpc) is 3.69. The van der Waals surface area contributed by atoms with E-state index in [0.717, 1.165) is 84.8 Å². The molecule has 1 amide bonds. The summed E-state index contributed by atoms with van der Waals surface area (Å²) in [5.74, 6) is 2.07. The maximum Gasteiger partial charge on any atom is 0.249 e. The van der Waals surface area contributed by atoms with E-state index in [1.165, 1.54) is 12.8 Å². The van der Waals surface area contributed by atoms with Gasteiger partial charge in [0.15, 0.2) is 5.82 Å². The van der Waals surface area contributed by atoms with Gasteiger partial charge in [0.25, 0.3) is 0 Å². The van der Waals surface area contributed by atoms with Crippen LogP contribution >= 0.6 is 11.3 Å². The number of hydrogen-bond donors (Lipinski definition) is 1. The molecule has 1 atom stereocenters. The van der Waals surface area contributed by atoms with Crippen molar-refractivity contribution in [2.24, 2.45) is 0 Å². The van der Waals surface area contributed by atoms with Crippen LogP contribution in [0.1, 0.15) is 44.0 Å². The van der Waals surface area contributed by atoms with Gasteiger partial charge in [-0.15, -0.1) is 10.2 Å². The van der Waals surface area contributed by atoms with Crippen molar-refractivity contribution in [2.75, 3.05) is 62.5 Å². The maximum absolute atomic E-state index is 13.2. The number of methoxy groups -OCH3 is 1. The van der Waals surface area contributed by atoms with Crippen LogP contribution in [0.15, 0.2) is 24.4 Å². The van der Waals surface area contributed by atoms with Crippen LogP contribution in [0.3, 0.4) is 0 Å². The summed E-state index contributed by atoms with van der Waals surface area (Å²) in [5.41, 5.74) is 2.47. The zero-order valence-corrected chi connectivity index (χ0v) is 25.2. The lowest BCUT2D eigenvalue weighted by molar-refractivity contribution is -0.120. The fraction of sp³-hybridized carbons (Fsp3) is 0.552. The Kier molecular flexibility index (Phi) is 8.05. The van der Waals surface area contributed by atoms with Gasteiger partial charge in [-0.1, -0.05) is 31.1 Å². The van der Waals surface area contributed by atoms with Gasteiger partial charge in [0.1, 0.15) is 27.5 Å². The first-order chi connectivity index (χ1) is 19.9. The van der Waals surface area contributed by atoms with Crippen molar-refractivity contribution in [2.45, 2.75) is 57.7 Å². The molecule has 1 N–H and O–H groups in total. The van der Waals surface area contributed by atoms with Gasteiger partial charge in [-0.3, -0.25) is 9.69 Å². The Labute approximate surface area is 245 Å². The average molecular weight is 578 g/mol. The first kappa shape index (κ1) is 27.8. The maximum atomic E-state index is 13.2. The van der Waals surface area contributed by atoms with Crippen LogP contribution in [-0.4, -0.2) is 95.3 Å². The highest BCUT2D eigenvalue weighted by molar-refractivity contribution is 7.14. The Bertz CT molecular complexity index is 1380. The van der Waals surface area contributed by atoms with Gasteiger partial charge in [0.05, 0.1) is 25.5 Å². The van der Waals surface area contributed by atoms with Crippen LogP contribution in [0.4, 0.5) is 23.1 Å². The van der Waals surface area contributed by atoms with Crippen molar-refractivity contribution < 1.29 is 9.53 Å². The molecule has 12 heteroatoms. The van der Waals surface area contributed by atoms with Gasteiger partial charge >= 0.3 is 0 Å². The SMILES string of the molecule is CC[C@@H]1C(=O)N(C)c2cnc(Nc3ccc(-c4nnc(CN5CCN(C)CC5)s4)cc3OC)nc2N1C1CCCC1. The van der Waals surface area contributed by atoms with E-state index >= 15 is 0 Å². The smallest absolute Gasteiger partial charge is 0.249 e. The minimum atomic E-state index is -0.208. The van der Waals surface area contributed by atoms with E-state index in [1.807, 2.05) is 25.2 Å². The Morgan fingerprint density at radius 2 is 1.88 bits per heavy atom. The molecular formula is C29H39N9O2S. The predicted molar refractivity (Wildman–Crippen MR) is 162 cm³/mol. The molecule has 0 unspecified atom stereocenters. The molecule has 1 saturated carbocycles. The van der Waals surface area contributed by atoms with Crippen molar-refractivity contribution in [1.29, 1.82) is 0 Å². The number of likely N-dealkylation sites (N-methyl/N-ethyl adjacent to an activating group) is 2. The molecule has 4 heterocycles. The molecule has 2 aliphatic heterocycles. The molecule has 1 saturated heterocycles. The highest BCUT2D eigenvalue weighted by atomic mass is 32.1. The lowest BCUT2D eigenvalue weighted by Crippen LogP contribution is -2.55. The number of amides is 1. The molecule has 0 bridgehead atoms. The fourth-order valence-electron chi connectivity index (χ4n) is 6.12. The van der Waals surface area contributed by atoms with Gasteiger partial charge in [0.2, 0.25) is 11.9 Å². The number of ether oxygens (including phenoxy) is 1. The third-order valence-electron chi connectivity index (χ3n) is 8.53. The number of benzene rings is 1. The Morgan fingerprint density at radius 1 is 1.10 bits per heavy atom. The first-order valence-corrected chi connectivity index (χ1v) is 15.4. The number of rotatable bonds is 8. The normalized spacial score (nSPS) is 20.5. The lowest BCUT2D eigenvalue weighted by Gasteiger charge is -2.43. The monoisotopic (exact) mass is 577 g/mol. The van der Waals surface area contributed by atoms with Crippen LogP contribution in [-0.2, 0) is 11.3 Å². The summed E-state index contributed by atoms with van der Waals surface area (Å²) in [6.45, 7) is 7.16. The number of carbonyl (C=O) groups excluding carboxylic acids is 1. The number of aromatic nitrogens is 4. The summed E-state index contributed by atoms with van der Waals surface area (Å²) in [7, 11) is 5.64. The Balaban J connectivity index is 1.23. The van der Waals surface area contributed by atoms with Gasteiger partial charge < -0.3 is 24.8 Å². The number of carbonyl (C=O) groups is 1. The number of hydrogen-bond acceptors (Lipinski definition) is 11. The topological polar surface area (TPSA) is 103 Å². The molecule has 0 spiro atoms. The molecule has 3 aromatic rings. The molecule has 6 rings (SSSR count). The van der Waals surface area contributed by atoms with E-state index in [4.69, 9.17) is 9.72 Å². The standard InChI is InChI=1S/C29H39N9O2S/c1-5-22-28(39)36(3)23-17-30-29(32-26(23)38(22)20-8-6-7-9-20)31-21-11-10-19(16-24(21)40-4)27-34-33-25(41-27)18-37-14-12-35(2)13-15-37/h10-11,16-17,20,22H,5-9,12-15,18H2,1-4H3,(H,30,31,32)/t22-/m1/s1. The van der Waals surface area contributed by atoms with E-state index in [-0.39, 0.29) is 11.9 Å². The van der Waals surface area contributed by atoms with Gasteiger partial charge in [-0.2, -0.15) is 4.98 Å². The molecule has 1 aliphatic carbocycles. The second kappa shape index (κ2) is 11.9. The molecule has 2 aromatic heterocycles. The highest BCUT2D eigenvalue weighted by Gasteiger charge is 2.41. The third-order valence-corrected chi connectivity index (χ3v) is 9.49. The number of piperazine rings is 1. The van der Waals surface area contributed by atoms with E-state index < -0.39 is 0 Å². The Morgan fingerprint density at radius 3 is 2.61 bits per heavy atom. The summed E-state index contributed by atoms with van der Waals surface area (Å²) in [6.07, 6.45) is 7.02. The zero-order valence-electron chi connectivity index (χ0n) is 24.3. The predicted octanol–water partition coefficient (Wildman–Crippen LogP) is 4.00. The van der Waals surface area contributed by atoms with Crippen molar-refractivity contribution in [3.05, 3.63) is 29.4 Å². The molecule has 0 radical (unpaired) electrons.